The molecule has 0 radical (unpaired) electrons. The first-order valence-electron chi connectivity index (χ1n) is 6.87. The maximum atomic E-state index is 12.4. The van der Waals surface area contributed by atoms with E-state index in [2.05, 4.69) is 29.1 Å². The van der Waals surface area contributed by atoms with Crippen LogP contribution in [-0.4, -0.2) is 61.5 Å². The van der Waals surface area contributed by atoms with Gasteiger partial charge in [-0.3, -0.25) is 4.79 Å². The van der Waals surface area contributed by atoms with Gasteiger partial charge in [-0.2, -0.15) is 0 Å². The Hall–Kier alpha value is -0.610. The molecule has 2 rings (SSSR count). The summed E-state index contributed by atoms with van der Waals surface area (Å²) in [4.78, 5) is 16.8. The molecule has 0 bridgehead atoms. The molecule has 2 fully saturated rings. The van der Waals surface area contributed by atoms with Gasteiger partial charge in [-0.15, -0.1) is 0 Å². The van der Waals surface area contributed by atoms with Crippen LogP contribution >= 0.6 is 0 Å². The van der Waals surface area contributed by atoms with E-state index in [1.165, 1.54) is 6.42 Å². The number of likely N-dealkylation sites (N-methyl/N-ethyl adjacent to an activating group) is 1. The van der Waals surface area contributed by atoms with Crippen molar-refractivity contribution in [3.05, 3.63) is 0 Å². The fourth-order valence-corrected chi connectivity index (χ4v) is 2.78. The lowest BCUT2D eigenvalue weighted by atomic mass is 9.93. The van der Waals surface area contributed by atoms with Gasteiger partial charge in [0.2, 0.25) is 5.91 Å². The topological polar surface area (TPSA) is 35.6 Å². The average Bonchev–Trinajstić information content (AvgIpc) is 2.53. The molecule has 0 spiro atoms. The van der Waals surface area contributed by atoms with E-state index in [-0.39, 0.29) is 6.04 Å². The molecule has 98 valence electrons. The van der Waals surface area contributed by atoms with E-state index in [0.29, 0.717) is 11.8 Å². The molecule has 2 aliphatic heterocycles. The Kier molecular flexibility index (Phi) is 4.40. The van der Waals surface area contributed by atoms with Gasteiger partial charge < -0.3 is 15.1 Å². The largest absolute Gasteiger partial charge is 0.340 e. The molecule has 2 heterocycles. The van der Waals surface area contributed by atoms with E-state index in [9.17, 15) is 4.79 Å². The molecule has 0 aliphatic carbocycles. The highest BCUT2D eigenvalue weighted by Gasteiger charge is 2.28. The van der Waals surface area contributed by atoms with E-state index in [4.69, 9.17) is 0 Å². The van der Waals surface area contributed by atoms with Gasteiger partial charge in [0, 0.05) is 19.6 Å². The molecule has 1 N–H and O–H groups in total. The zero-order valence-electron chi connectivity index (χ0n) is 11.1. The first-order chi connectivity index (χ1) is 8.16. The Balaban J connectivity index is 1.89. The van der Waals surface area contributed by atoms with Gasteiger partial charge in [-0.25, -0.2) is 0 Å². The third kappa shape index (κ3) is 3.42. The summed E-state index contributed by atoms with van der Waals surface area (Å²) in [6.45, 7) is 7.17. The quantitative estimate of drug-likeness (QED) is 0.725. The van der Waals surface area contributed by atoms with Gasteiger partial charge in [-0.1, -0.05) is 6.92 Å². The molecule has 0 aromatic carbocycles. The van der Waals surface area contributed by atoms with Crippen LogP contribution in [0.25, 0.3) is 0 Å². The predicted octanol–water partition coefficient (Wildman–Crippen LogP) is 0.539. The summed E-state index contributed by atoms with van der Waals surface area (Å²) in [7, 11) is 2.13. The van der Waals surface area contributed by atoms with Crippen molar-refractivity contribution in [1.29, 1.82) is 0 Å². The Morgan fingerprint density at radius 3 is 2.82 bits per heavy atom. The Labute approximate surface area is 104 Å². The first kappa shape index (κ1) is 12.8. The van der Waals surface area contributed by atoms with Crippen LogP contribution in [0.4, 0.5) is 0 Å². The Bertz CT molecular complexity index is 269. The fourth-order valence-electron chi connectivity index (χ4n) is 2.78. The molecule has 2 unspecified atom stereocenters. The summed E-state index contributed by atoms with van der Waals surface area (Å²) in [5.41, 5.74) is 0. The van der Waals surface area contributed by atoms with E-state index >= 15 is 0 Å². The monoisotopic (exact) mass is 239 g/mol. The lowest BCUT2D eigenvalue weighted by Crippen LogP contribution is -2.50. The highest BCUT2D eigenvalue weighted by atomic mass is 16.2. The van der Waals surface area contributed by atoms with Crippen LogP contribution in [0.5, 0.6) is 0 Å². The zero-order valence-corrected chi connectivity index (χ0v) is 11.1. The van der Waals surface area contributed by atoms with Crippen molar-refractivity contribution >= 4 is 5.91 Å². The van der Waals surface area contributed by atoms with Crippen LogP contribution in [0, 0.1) is 5.92 Å². The van der Waals surface area contributed by atoms with Crippen molar-refractivity contribution in [2.75, 3.05) is 39.8 Å². The maximum Gasteiger partial charge on any atom is 0.239 e. The molecule has 2 saturated heterocycles. The lowest BCUT2D eigenvalue weighted by Gasteiger charge is -2.31. The molecular weight excluding hydrogens is 214 g/mol. The number of hydrogen-bond donors (Lipinski definition) is 1. The number of piperidine rings is 1. The van der Waals surface area contributed by atoms with Crippen LogP contribution in [0.15, 0.2) is 0 Å². The lowest BCUT2D eigenvalue weighted by molar-refractivity contribution is -0.134. The maximum absolute atomic E-state index is 12.4. The standard InChI is InChI=1S/C13H25N3O/c1-11-4-5-14-12(10-11)13(17)16-7-3-6-15(2)8-9-16/h11-12,14H,3-10H2,1-2H3. The minimum absolute atomic E-state index is 0.0714. The van der Waals surface area contributed by atoms with Crippen LogP contribution in [0.3, 0.4) is 0 Å². The molecular formula is C13H25N3O. The van der Waals surface area contributed by atoms with Crippen molar-refractivity contribution in [1.82, 2.24) is 15.1 Å². The van der Waals surface area contributed by atoms with E-state index in [1.807, 2.05) is 0 Å². The number of carbonyl (C=O) groups is 1. The van der Waals surface area contributed by atoms with Crippen molar-refractivity contribution < 1.29 is 4.79 Å². The summed E-state index contributed by atoms with van der Waals surface area (Å²) in [6, 6.07) is 0.0714. The zero-order chi connectivity index (χ0) is 12.3. The summed E-state index contributed by atoms with van der Waals surface area (Å²) in [5, 5.41) is 3.37. The van der Waals surface area contributed by atoms with Gasteiger partial charge in [0.25, 0.3) is 0 Å². The summed E-state index contributed by atoms with van der Waals surface area (Å²) < 4.78 is 0. The van der Waals surface area contributed by atoms with Gasteiger partial charge >= 0.3 is 0 Å². The van der Waals surface area contributed by atoms with E-state index in [0.717, 1.165) is 45.6 Å². The second-order valence-electron chi connectivity index (χ2n) is 5.62. The van der Waals surface area contributed by atoms with Gasteiger partial charge in [0.1, 0.15) is 0 Å². The summed E-state index contributed by atoms with van der Waals surface area (Å²) in [5.74, 6) is 1.01. The smallest absolute Gasteiger partial charge is 0.239 e. The molecule has 4 nitrogen and oxygen atoms in total. The molecule has 2 aliphatic rings. The van der Waals surface area contributed by atoms with Gasteiger partial charge in [-0.05, 0) is 45.3 Å². The second kappa shape index (κ2) is 5.83. The van der Waals surface area contributed by atoms with E-state index in [1.54, 1.807) is 0 Å². The minimum Gasteiger partial charge on any atom is -0.340 e. The summed E-state index contributed by atoms with van der Waals surface area (Å²) in [6.07, 6.45) is 3.31. The van der Waals surface area contributed by atoms with E-state index < -0.39 is 0 Å². The molecule has 17 heavy (non-hydrogen) atoms. The highest BCUT2D eigenvalue weighted by molar-refractivity contribution is 5.82. The molecule has 2 atom stereocenters. The van der Waals surface area contributed by atoms with Crippen LogP contribution in [0.2, 0.25) is 0 Å². The number of nitrogens with one attached hydrogen (secondary N) is 1. The van der Waals surface area contributed by atoms with Gasteiger partial charge in [0.15, 0.2) is 0 Å². The molecule has 0 saturated carbocycles. The van der Waals surface area contributed by atoms with Crippen molar-refractivity contribution in [2.45, 2.75) is 32.2 Å². The van der Waals surface area contributed by atoms with Crippen LogP contribution in [0.1, 0.15) is 26.2 Å². The third-order valence-electron chi connectivity index (χ3n) is 4.00. The van der Waals surface area contributed by atoms with Crippen LogP contribution < -0.4 is 5.32 Å². The SMILES string of the molecule is CC1CCNC(C(=O)N2CCCN(C)CC2)C1. The minimum atomic E-state index is 0.0714. The average molecular weight is 239 g/mol. The molecule has 4 heteroatoms. The third-order valence-corrected chi connectivity index (χ3v) is 4.00. The molecule has 0 aromatic rings. The normalized spacial score (nSPS) is 32.2. The number of rotatable bonds is 1. The fraction of sp³-hybridized carbons (Fsp3) is 0.923. The number of amides is 1. The second-order valence-corrected chi connectivity index (χ2v) is 5.62. The van der Waals surface area contributed by atoms with Crippen molar-refractivity contribution in [2.24, 2.45) is 5.92 Å². The predicted molar refractivity (Wildman–Crippen MR) is 68.9 cm³/mol. The molecule has 0 aromatic heterocycles. The van der Waals surface area contributed by atoms with Gasteiger partial charge in [0.05, 0.1) is 6.04 Å². The first-order valence-corrected chi connectivity index (χ1v) is 6.87. The number of nitrogens with zero attached hydrogens (tertiary/aromatic N) is 2. The Morgan fingerprint density at radius 2 is 2.06 bits per heavy atom. The van der Waals surface area contributed by atoms with Crippen LogP contribution in [-0.2, 0) is 4.79 Å². The van der Waals surface area contributed by atoms with Crippen molar-refractivity contribution in [3.63, 3.8) is 0 Å². The number of carbonyl (C=O) groups excluding carboxylic acids is 1. The number of hydrogen-bond acceptors (Lipinski definition) is 3. The summed E-state index contributed by atoms with van der Waals surface area (Å²) >= 11 is 0. The Morgan fingerprint density at radius 1 is 1.24 bits per heavy atom. The molecule has 1 amide bonds. The van der Waals surface area contributed by atoms with Crippen molar-refractivity contribution in [3.8, 4) is 0 Å². The highest BCUT2D eigenvalue weighted by Crippen LogP contribution is 2.17.